The van der Waals surface area contributed by atoms with Crippen LogP contribution >= 0.6 is 0 Å². The number of piperidine rings is 1. The van der Waals surface area contributed by atoms with Gasteiger partial charge in [-0.1, -0.05) is 0 Å². The Kier molecular flexibility index (Phi) is 3.92. The van der Waals surface area contributed by atoms with E-state index >= 15 is 0 Å². The number of aromatic amines is 1. The number of carbonyl (C=O) groups excluding carboxylic acids is 2. The normalized spacial score (nSPS) is 18.2. The molecule has 0 bridgehead atoms. The molecule has 1 aliphatic rings. The van der Waals surface area contributed by atoms with E-state index in [4.69, 9.17) is 5.11 Å². The first-order chi connectivity index (χ1) is 9.47. The summed E-state index contributed by atoms with van der Waals surface area (Å²) >= 11 is 0. The standard InChI is InChI=1S/C12H16N4O4/c1-6-5-8(9(14-6)11(18)19)16-12(20)15-7-3-2-4-13-10(7)17/h5,7,14H,2-4H2,1H3,(H,13,17)(H,18,19)(H2,15,16,20). The predicted octanol–water partition coefficient (Wildman–Crippen LogP) is 0.421. The smallest absolute Gasteiger partial charge is 0.354 e. The number of carbonyl (C=O) groups is 3. The second kappa shape index (κ2) is 5.64. The summed E-state index contributed by atoms with van der Waals surface area (Å²) in [6, 6.07) is 0.329. The van der Waals surface area contributed by atoms with Gasteiger partial charge in [-0.2, -0.15) is 0 Å². The van der Waals surface area contributed by atoms with Crippen LogP contribution in [0.25, 0.3) is 0 Å². The summed E-state index contributed by atoms with van der Waals surface area (Å²) in [6.45, 7) is 2.29. The first kappa shape index (κ1) is 13.9. The first-order valence-corrected chi connectivity index (χ1v) is 6.25. The topological polar surface area (TPSA) is 123 Å². The number of H-pyrrole nitrogens is 1. The third kappa shape index (κ3) is 3.08. The van der Waals surface area contributed by atoms with Gasteiger partial charge in [-0.15, -0.1) is 0 Å². The molecule has 2 rings (SSSR count). The zero-order chi connectivity index (χ0) is 14.7. The minimum absolute atomic E-state index is 0.0919. The summed E-state index contributed by atoms with van der Waals surface area (Å²) in [5.41, 5.74) is 0.697. The van der Waals surface area contributed by atoms with Crippen LogP contribution in [0, 0.1) is 6.92 Å². The van der Waals surface area contributed by atoms with Crippen LogP contribution in [0.15, 0.2) is 6.07 Å². The molecule has 1 unspecified atom stereocenters. The van der Waals surface area contributed by atoms with Crippen LogP contribution in [0.1, 0.15) is 29.0 Å². The maximum absolute atomic E-state index is 11.8. The summed E-state index contributed by atoms with van der Waals surface area (Å²) in [5.74, 6) is -1.39. The number of carboxylic acids is 1. The van der Waals surface area contributed by atoms with Crippen molar-refractivity contribution in [1.29, 1.82) is 0 Å². The second-order valence-electron chi connectivity index (χ2n) is 4.63. The average Bonchev–Trinajstić information content (AvgIpc) is 2.73. The van der Waals surface area contributed by atoms with Crippen LogP contribution in [-0.2, 0) is 4.79 Å². The molecule has 1 aliphatic heterocycles. The Morgan fingerprint density at radius 1 is 1.45 bits per heavy atom. The molecule has 1 aromatic rings. The molecule has 2 heterocycles. The molecule has 0 aliphatic carbocycles. The monoisotopic (exact) mass is 280 g/mol. The van der Waals surface area contributed by atoms with E-state index in [-0.39, 0.29) is 17.3 Å². The van der Waals surface area contributed by atoms with Crippen molar-refractivity contribution in [2.75, 3.05) is 11.9 Å². The lowest BCUT2D eigenvalue weighted by atomic mass is 10.1. The number of carboxylic acid groups (broad SMARTS) is 1. The highest BCUT2D eigenvalue weighted by molar-refractivity contribution is 6.00. The number of aryl methyl sites for hydroxylation is 1. The number of rotatable bonds is 3. The molecule has 8 nitrogen and oxygen atoms in total. The number of nitrogens with one attached hydrogen (secondary N) is 4. The summed E-state index contributed by atoms with van der Waals surface area (Å²) in [5, 5.41) is 16.6. The van der Waals surface area contributed by atoms with Gasteiger partial charge in [0.2, 0.25) is 5.91 Å². The van der Waals surface area contributed by atoms with Gasteiger partial charge in [0.1, 0.15) is 11.7 Å². The number of aromatic carboxylic acids is 1. The van der Waals surface area contributed by atoms with Crippen molar-refractivity contribution in [2.24, 2.45) is 0 Å². The number of amides is 3. The zero-order valence-electron chi connectivity index (χ0n) is 10.9. The van der Waals surface area contributed by atoms with Gasteiger partial charge in [0.15, 0.2) is 0 Å². The number of anilines is 1. The average molecular weight is 280 g/mol. The Morgan fingerprint density at radius 3 is 2.85 bits per heavy atom. The summed E-state index contributed by atoms with van der Waals surface area (Å²) in [6.07, 6.45) is 1.36. The van der Waals surface area contributed by atoms with E-state index in [1.165, 1.54) is 6.07 Å². The Hall–Kier alpha value is -2.51. The van der Waals surface area contributed by atoms with Gasteiger partial charge in [0, 0.05) is 12.2 Å². The van der Waals surface area contributed by atoms with Crippen molar-refractivity contribution >= 4 is 23.6 Å². The molecule has 1 aromatic heterocycles. The van der Waals surface area contributed by atoms with E-state index in [0.29, 0.717) is 18.7 Å². The Balaban J connectivity index is 2.01. The Bertz CT molecular complexity index is 552. The van der Waals surface area contributed by atoms with Crippen molar-refractivity contribution < 1.29 is 19.5 Å². The molecule has 1 atom stereocenters. The van der Waals surface area contributed by atoms with Crippen LogP contribution in [0.5, 0.6) is 0 Å². The Morgan fingerprint density at radius 2 is 2.20 bits per heavy atom. The largest absolute Gasteiger partial charge is 0.477 e. The van der Waals surface area contributed by atoms with Crippen molar-refractivity contribution in [3.63, 3.8) is 0 Å². The summed E-state index contributed by atoms with van der Waals surface area (Å²) in [4.78, 5) is 36.9. The highest BCUT2D eigenvalue weighted by Crippen LogP contribution is 2.16. The van der Waals surface area contributed by atoms with Crippen molar-refractivity contribution in [1.82, 2.24) is 15.6 Å². The molecule has 0 radical (unpaired) electrons. The lowest BCUT2D eigenvalue weighted by Crippen LogP contribution is -2.51. The van der Waals surface area contributed by atoms with Crippen LogP contribution in [0.3, 0.4) is 0 Å². The Labute approximate surface area is 114 Å². The molecule has 20 heavy (non-hydrogen) atoms. The van der Waals surface area contributed by atoms with Crippen molar-refractivity contribution in [3.8, 4) is 0 Å². The van der Waals surface area contributed by atoms with Gasteiger partial charge in [0.25, 0.3) is 0 Å². The molecule has 108 valence electrons. The van der Waals surface area contributed by atoms with E-state index < -0.39 is 18.0 Å². The molecule has 0 spiro atoms. The van der Waals surface area contributed by atoms with Crippen LogP contribution in [-0.4, -0.2) is 40.6 Å². The lowest BCUT2D eigenvalue weighted by Gasteiger charge is -2.22. The third-order valence-corrected chi connectivity index (χ3v) is 3.01. The molecule has 1 fully saturated rings. The van der Waals surface area contributed by atoms with Crippen LogP contribution in [0.4, 0.5) is 10.5 Å². The molecule has 0 saturated carbocycles. The molecule has 3 amide bonds. The number of urea groups is 1. The number of hydrogen-bond acceptors (Lipinski definition) is 3. The maximum Gasteiger partial charge on any atom is 0.354 e. The van der Waals surface area contributed by atoms with Gasteiger partial charge in [-0.25, -0.2) is 9.59 Å². The fourth-order valence-electron chi connectivity index (χ4n) is 2.08. The van der Waals surface area contributed by atoms with Gasteiger partial charge in [-0.3, -0.25) is 4.79 Å². The van der Waals surface area contributed by atoms with Gasteiger partial charge < -0.3 is 26.0 Å². The predicted molar refractivity (Wildman–Crippen MR) is 70.7 cm³/mol. The SMILES string of the molecule is Cc1cc(NC(=O)NC2CCCNC2=O)c(C(=O)O)[nH]1. The second-order valence-corrected chi connectivity index (χ2v) is 4.63. The van der Waals surface area contributed by atoms with E-state index in [9.17, 15) is 14.4 Å². The quantitative estimate of drug-likeness (QED) is 0.550. The summed E-state index contributed by atoms with van der Waals surface area (Å²) in [7, 11) is 0. The molecule has 5 N–H and O–H groups in total. The van der Waals surface area contributed by atoms with E-state index in [1.54, 1.807) is 6.92 Å². The summed E-state index contributed by atoms with van der Waals surface area (Å²) < 4.78 is 0. The van der Waals surface area contributed by atoms with Gasteiger partial charge >= 0.3 is 12.0 Å². The molecule has 1 saturated heterocycles. The van der Waals surface area contributed by atoms with Crippen molar-refractivity contribution in [3.05, 3.63) is 17.5 Å². The number of aromatic nitrogens is 1. The van der Waals surface area contributed by atoms with E-state index in [2.05, 4.69) is 20.9 Å². The molecule has 0 aromatic carbocycles. The molecule has 8 heteroatoms. The van der Waals surface area contributed by atoms with Crippen LogP contribution in [0.2, 0.25) is 0 Å². The van der Waals surface area contributed by atoms with Crippen molar-refractivity contribution in [2.45, 2.75) is 25.8 Å². The molecular weight excluding hydrogens is 264 g/mol. The third-order valence-electron chi connectivity index (χ3n) is 3.01. The van der Waals surface area contributed by atoms with Gasteiger partial charge in [-0.05, 0) is 25.8 Å². The fraction of sp³-hybridized carbons (Fsp3) is 0.417. The highest BCUT2D eigenvalue weighted by atomic mass is 16.4. The maximum atomic E-state index is 11.8. The minimum Gasteiger partial charge on any atom is -0.477 e. The minimum atomic E-state index is -1.16. The first-order valence-electron chi connectivity index (χ1n) is 6.25. The highest BCUT2D eigenvalue weighted by Gasteiger charge is 2.24. The lowest BCUT2D eigenvalue weighted by molar-refractivity contribution is -0.124. The van der Waals surface area contributed by atoms with Gasteiger partial charge in [0.05, 0.1) is 5.69 Å². The van der Waals surface area contributed by atoms with E-state index in [1.807, 2.05) is 0 Å². The fourth-order valence-corrected chi connectivity index (χ4v) is 2.08. The van der Waals surface area contributed by atoms with E-state index in [0.717, 1.165) is 6.42 Å². The zero-order valence-corrected chi connectivity index (χ0v) is 10.9. The molecular formula is C12H16N4O4. The number of hydrogen-bond donors (Lipinski definition) is 5. The van der Waals surface area contributed by atoms with Crippen LogP contribution < -0.4 is 16.0 Å².